The minimum absolute atomic E-state index is 0.889. The lowest BCUT2D eigenvalue weighted by atomic mass is 9.87. The van der Waals surface area contributed by atoms with Crippen LogP contribution in [-0.4, -0.2) is 44.1 Å². The zero-order chi connectivity index (χ0) is 20.7. The molecule has 4 aromatic rings. The smallest absolute Gasteiger partial charge is 0.124 e. The minimum atomic E-state index is 0.889. The van der Waals surface area contributed by atoms with Gasteiger partial charge < -0.3 is 9.64 Å². The predicted octanol–water partition coefficient (Wildman–Crippen LogP) is 5.55. The van der Waals surface area contributed by atoms with Crippen molar-refractivity contribution >= 4 is 21.5 Å². The highest BCUT2D eigenvalue weighted by Crippen LogP contribution is 2.45. The van der Waals surface area contributed by atoms with Gasteiger partial charge in [0.2, 0.25) is 0 Å². The van der Waals surface area contributed by atoms with Crippen molar-refractivity contribution in [3.05, 3.63) is 77.9 Å². The summed E-state index contributed by atoms with van der Waals surface area (Å²) in [5, 5.41) is 5.15. The Morgan fingerprint density at radius 3 is 2.27 bits per heavy atom. The van der Waals surface area contributed by atoms with Crippen LogP contribution in [0.15, 0.2) is 66.7 Å². The zero-order valence-electron chi connectivity index (χ0n) is 18.0. The van der Waals surface area contributed by atoms with E-state index in [-0.39, 0.29) is 0 Å². The third-order valence-corrected chi connectivity index (χ3v) is 6.24. The Balaban J connectivity index is 1.85. The first kappa shape index (κ1) is 19.1. The summed E-state index contributed by atoms with van der Waals surface area (Å²) >= 11 is 0. The number of rotatable bonds is 4. The fourth-order valence-corrected chi connectivity index (χ4v) is 4.75. The van der Waals surface area contributed by atoms with E-state index in [0.717, 1.165) is 31.9 Å². The summed E-state index contributed by atoms with van der Waals surface area (Å²) in [7, 11) is 6.08. The first-order chi connectivity index (χ1) is 14.7. The topological polar surface area (TPSA) is 15.7 Å². The van der Waals surface area contributed by atoms with Crippen LogP contribution in [0.4, 0.5) is 0 Å². The molecule has 0 saturated heterocycles. The molecule has 0 unspecified atom stereocenters. The highest BCUT2D eigenvalue weighted by atomic mass is 16.5. The van der Waals surface area contributed by atoms with Gasteiger partial charge in [0.05, 0.1) is 7.11 Å². The van der Waals surface area contributed by atoms with Crippen LogP contribution in [0.25, 0.3) is 32.7 Å². The molecule has 0 amide bonds. The summed E-state index contributed by atoms with van der Waals surface area (Å²) in [6.07, 6.45) is 0. The molecule has 4 aromatic carbocycles. The molecule has 152 valence electrons. The first-order valence-electron chi connectivity index (χ1n) is 10.6. The Morgan fingerprint density at radius 1 is 0.833 bits per heavy atom. The van der Waals surface area contributed by atoms with Crippen molar-refractivity contribution in [1.82, 2.24) is 9.80 Å². The fourth-order valence-electron chi connectivity index (χ4n) is 4.75. The van der Waals surface area contributed by atoms with Crippen molar-refractivity contribution in [3.8, 4) is 16.9 Å². The van der Waals surface area contributed by atoms with E-state index in [9.17, 15) is 0 Å². The molecule has 30 heavy (non-hydrogen) atoms. The van der Waals surface area contributed by atoms with Gasteiger partial charge in [-0.3, -0.25) is 4.90 Å². The van der Waals surface area contributed by atoms with Crippen LogP contribution in [0.5, 0.6) is 5.75 Å². The van der Waals surface area contributed by atoms with E-state index in [0.29, 0.717) is 0 Å². The highest BCUT2D eigenvalue weighted by molar-refractivity contribution is 6.08. The molecule has 1 aliphatic heterocycles. The number of hydrogen-bond acceptors (Lipinski definition) is 3. The number of ether oxygens (including phenoxy) is 1. The Labute approximate surface area is 178 Å². The SMILES string of the molecule is COc1cc2ccccc2c2c1CN(CCN(C)C)Cc1ccc3ccccc3c1-2. The maximum Gasteiger partial charge on any atom is 0.124 e. The molecule has 0 saturated carbocycles. The van der Waals surface area contributed by atoms with Gasteiger partial charge in [0.25, 0.3) is 0 Å². The molecule has 0 atom stereocenters. The summed E-state index contributed by atoms with van der Waals surface area (Å²) in [6, 6.07) is 24.3. The molecule has 0 spiro atoms. The molecule has 0 fully saturated rings. The molecule has 0 N–H and O–H groups in total. The summed E-state index contributed by atoms with van der Waals surface area (Å²) in [4.78, 5) is 4.81. The largest absolute Gasteiger partial charge is 0.496 e. The van der Waals surface area contributed by atoms with Gasteiger partial charge in [-0.15, -0.1) is 0 Å². The molecule has 3 nitrogen and oxygen atoms in total. The summed E-state index contributed by atoms with van der Waals surface area (Å²) in [6.45, 7) is 3.89. The van der Waals surface area contributed by atoms with Crippen LogP contribution < -0.4 is 4.74 Å². The van der Waals surface area contributed by atoms with Gasteiger partial charge >= 0.3 is 0 Å². The van der Waals surface area contributed by atoms with Gasteiger partial charge in [0.1, 0.15) is 5.75 Å². The lowest BCUT2D eigenvalue weighted by Crippen LogP contribution is -2.30. The second-order valence-corrected chi connectivity index (χ2v) is 8.49. The van der Waals surface area contributed by atoms with Gasteiger partial charge in [-0.05, 0) is 58.4 Å². The number of nitrogens with zero attached hydrogens (tertiary/aromatic N) is 2. The minimum Gasteiger partial charge on any atom is -0.496 e. The number of methoxy groups -OCH3 is 1. The molecular weight excluding hydrogens is 368 g/mol. The van der Waals surface area contributed by atoms with Crippen LogP contribution >= 0.6 is 0 Å². The average molecular weight is 397 g/mol. The molecule has 3 heteroatoms. The van der Waals surface area contributed by atoms with Crippen molar-refractivity contribution < 1.29 is 4.74 Å². The number of likely N-dealkylation sites (N-methyl/N-ethyl adjacent to an activating group) is 1. The molecular formula is C27H28N2O. The molecule has 0 bridgehead atoms. The Morgan fingerprint density at radius 2 is 1.53 bits per heavy atom. The van der Waals surface area contributed by atoms with Crippen LogP contribution in [0.1, 0.15) is 11.1 Å². The van der Waals surface area contributed by atoms with Crippen LogP contribution in [0.3, 0.4) is 0 Å². The van der Waals surface area contributed by atoms with Gasteiger partial charge in [-0.1, -0.05) is 60.7 Å². The first-order valence-corrected chi connectivity index (χ1v) is 10.6. The monoisotopic (exact) mass is 396 g/mol. The lowest BCUT2D eigenvalue weighted by Gasteiger charge is -2.24. The zero-order valence-corrected chi connectivity index (χ0v) is 18.0. The van der Waals surface area contributed by atoms with E-state index in [4.69, 9.17) is 4.74 Å². The second kappa shape index (κ2) is 7.75. The van der Waals surface area contributed by atoms with Gasteiger partial charge in [0.15, 0.2) is 0 Å². The number of hydrogen-bond donors (Lipinski definition) is 0. The van der Waals surface area contributed by atoms with Crippen molar-refractivity contribution in [2.24, 2.45) is 0 Å². The molecule has 0 aliphatic carbocycles. The summed E-state index contributed by atoms with van der Waals surface area (Å²) in [5.41, 5.74) is 5.39. The Hall–Kier alpha value is -2.88. The Kier molecular flexibility index (Phi) is 4.93. The van der Waals surface area contributed by atoms with Crippen molar-refractivity contribution in [1.29, 1.82) is 0 Å². The van der Waals surface area contributed by atoms with Crippen molar-refractivity contribution in [2.75, 3.05) is 34.3 Å². The molecule has 0 aromatic heterocycles. The average Bonchev–Trinajstić information content (AvgIpc) is 2.94. The summed E-state index contributed by atoms with van der Waals surface area (Å²) in [5.74, 6) is 0.985. The van der Waals surface area contributed by atoms with Crippen molar-refractivity contribution in [2.45, 2.75) is 13.1 Å². The van der Waals surface area contributed by atoms with Crippen LogP contribution in [-0.2, 0) is 13.1 Å². The van der Waals surface area contributed by atoms with Gasteiger partial charge in [0, 0.05) is 31.7 Å². The van der Waals surface area contributed by atoms with Gasteiger partial charge in [-0.2, -0.15) is 0 Å². The third kappa shape index (κ3) is 3.24. The van der Waals surface area contributed by atoms with E-state index < -0.39 is 0 Å². The fraction of sp³-hybridized carbons (Fsp3) is 0.259. The van der Waals surface area contributed by atoms with E-state index in [1.807, 2.05) is 0 Å². The van der Waals surface area contributed by atoms with E-state index in [1.54, 1.807) is 7.11 Å². The van der Waals surface area contributed by atoms with E-state index in [2.05, 4.69) is 90.6 Å². The highest BCUT2D eigenvalue weighted by Gasteiger charge is 2.26. The van der Waals surface area contributed by atoms with Crippen LogP contribution in [0, 0.1) is 0 Å². The maximum absolute atomic E-state index is 5.94. The van der Waals surface area contributed by atoms with E-state index in [1.165, 1.54) is 43.8 Å². The summed E-state index contributed by atoms with van der Waals surface area (Å²) < 4.78 is 5.94. The number of fused-ring (bicyclic) bond motifs is 7. The normalized spacial score (nSPS) is 14.0. The molecule has 5 rings (SSSR count). The Bertz CT molecular complexity index is 1230. The quantitative estimate of drug-likeness (QED) is 0.450. The predicted molar refractivity (Wildman–Crippen MR) is 126 cm³/mol. The lowest BCUT2D eigenvalue weighted by molar-refractivity contribution is 0.226. The van der Waals surface area contributed by atoms with Crippen molar-refractivity contribution in [3.63, 3.8) is 0 Å². The van der Waals surface area contributed by atoms with E-state index >= 15 is 0 Å². The maximum atomic E-state index is 5.94. The molecule has 1 heterocycles. The molecule has 1 aliphatic rings. The number of benzene rings is 4. The van der Waals surface area contributed by atoms with Gasteiger partial charge in [-0.25, -0.2) is 0 Å². The standard InChI is InChI=1S/C27H28N2O/c1-28(2)14-15-29-17-21-13-12-19-8-4-6-10-22(19)26(21)27-23-11-7-5-9-20(23)16-25(30-3)24(27)18-29/h4-13,16H,14-15,17-18H2,1-3H3. The molecule has 0 radical (unpaired) electrons. The van der Waals surface area contributed by atoms with Crippen LogP contribution in [0.2, 0.25) is 0 Å². The second-order valence-electron chi connectivity index (χ2n) is 8.49. The third-order valence-electron chi connectivity index (χ3n) is 6.24.